The lowest BCUT2D eigenvalue weighted by atomic mass is 9.96. The summed E-state index contributed by atoms with van der Waals surface area (Å²) >= 11 is 10.5. The summed E-state index contributed by atoms with van der Waals surface area (Å²) in [5, 5.41) is 9.86. The van der Waals surface area contributed by atoms with Gasteiger partial charge in [0.15, 0.2) is 5.60 Å². The van der Waals surface area contributed by atoms with Gasteiger partial charge in [-0.15, -0.1) is 0 Å². The summed E-state index contributed by atoms with van der Waals surface area (Å²) in [4.78, 5) is 11.4. The number of carbonyl (C=O) groups is 1. The SMILES string of the molecule is CC(O)(C(=O)N(Cl)Cl)c1ccccc1. The van der Waals surface area contributed by atoms with Crippen molar-refractivity contribution in [3.05, 3.63) is 35.9 Å². The molecule has 0 fully saturated rings. The molecule has 0 aromatic heterocycles. The molecule has 1 amide bonds. The molecule has 0 bridgehead atoms. The molecule has 1 atom stereocenters. The van der Waals surface area contributed by atoms with E-state index in [1.165, 1.54) is 6.92 Å². The summed E-state index contributed by atoms with van der Waals surface area (Å²) in [5.74, 6) is -0.785. The molecule has 14 heavy (non-hydrogen) atoms. The van der Waals surface area contributed by atoms with Gasteiger partial charge in [0, 0.05) is 23.6 Å². The first-order valence-corrected chi connectivity index (χ1v) is 4.58. The molecule has 0 aliphatic carbocycles. The molecule has 0 aliphatic heterocycles. The van der Waals surface area contributed by atoms with Gasteiger partial charge in [0.2, 0.25) is 0 Å². The minimum atomic E-state index is -1.70. The lowest BCUT2D eigenvalue weighted by Crippen LogP contribution is -2.37. The van der Waals surface area contributed by atoms with E-state index >= 15 is 0 Å². The first kappa shape index (κ1) is 11.3. The Morgan fingerprint density at radius 3 is 2.29 bits per heavy atom. The van der Waals surface area contributed by atoms with Crippen LogP contribution in [0.25, 0.3) is 0 Å². The highest BCUT2D eigenvalue weighted by Crippen LogP contribution is 2.24. The Morgan fingerprint density at radius 1 is 1.36 bits per heavy atom. The van der Waals surface area contributed by atoms with Crippen LogP contribution in [0.15, 0.2) is 30.3 Å². The van der Waals surface area contributed by atoms with Crippen molar-refractivity contribution >= 4 is 29.5 Å². The minimum Gasteiger partial charge on any atom is -0.375 e. The first-order chi connectivity index (χ1) is 6.46. The summed E-state index contributed by atoms with van der Waals surface area (Å²) in [7, 11) is 0. The average molecular weight is 234 g/mol. The van der Waals surface area contributed by atoms with Crippen molar-refractivity contribution in [2.24, 2.45) is 0 Å². The Balaban J connectivity index is 3.02. The Kier molecular flexibility index (Phi) is 3.37. The molecule has 1 unspecified atom stereocenters. The molecule has 0 saturated heterocycles. The zero-order chi connectivity index (χ0) is 10.8. The zero-order valence-corrected chi connectivity index (χ0v) is 8.96. The third kappa shape index (κ3) is 2.18. The Labute approximate surface area is 92.1 Å². The molecule has 0 spiro atoms. The van der Waals surface area contributed by atoms with E-state index in [1.54, 1.807) is 30.3 Å². The molecule has 1 aromatic carbocycles. The second-order valence-electron chi connectivity index (χ2n) is 2.98. The first-order valence-electron chi connectivity index (χ1n) is 3.90. The fourth-order valence-electron chi connectivity index (χ4n) is 1.05. The van der Waals surface area contributed by atoms with Crippen molar-refractivity contribution in [1.82, 2.24) is 3.94 Å². The molecule has 0 aliphatic rings. The highest BCUT2D eigenvalue weighted by atomic mass is 35.5. The molecule has 0 radical (unpaired) electrons. The molecule has 3 nitrogen and oxygen atoms in total. The normalized spacial score (nSPS) is 14.6. The van der Waals surface area contributed by atoms with Gasteiger partial charge in [0.1, 0.15) is 0 Å². The quantitative estimate of drug-likeness (QED) is 0.795. The van der Waals surface area contributed by atoms with E-state index in [-0.39, 0.29) is 0 Å². The number of nitrogens with zero attached hydrogens (tertiary/aromatic N) is 1. The van der Waals surface area contributed by atoms with Crippen LogP contribution >= 0.6 is 23.6 Å². The minimum absolute atomic E-state index is 0.326. The van der Waals surface area contributed by atoms with Crippen LogP contribution in [0.4, 0.5) is 0 Å². The van der Waals surface area contributed by atoms with Crippen LogP contribution in [-0.4, -0.2) is 15.0 Å². The van der Waals surface area contributed by atoms with Crippen molar-refractivity contribution in [3.63, 3.8) is 0 Å². The fourth-order valence-corrected chi connectivity index (χ4v) is 1.38. The second-order valence-corrected chi connectivity index (χ2v) is 3.83. The van der Waals surface area contributed by atoms with Gasteiger partial charge in [0.25, 0.3) is 5.91 Å². The molecular formula is C9H9Cl2NO2. The van der Waals surface area contributed by atoms with E-state index < -0.39 is 11.5 Å². The van der Waals surface area contributed by atoms with Crippen molar-refractivity contribution in [1.29, 1.82) is 0 Å². The number of hydrogen-bond acceptors (Lipinski definition) is 2. The largest absolute Gasteiger partial charge is 0.375 e. The third-order valence-electron chi connectivity index (χ3n) is 1.91. The van der Waals surface area contributed by atoms with Crippen LogP contribution in [0.3, 0.4) is 0 Å². The monoisotopic (exact) mass is 233 g/mol. The van der Waals surface area contributed by atoms with Gasteiger partial charge in [-0.3, -0.25) is 4.79 Å². The van der Waals surface area contributed by atoms with E-state index in [4.69, 9.17) is 23.6 Å². The van der Waals surface area contributed by atoms with Gasteiger partial charge in [-0.2, -0.15) is 3.94 Å². The van der Waals surface area contributed by atoms with E-state index in [1.807, 2.05) is 0 Å². The Bertz CT molecular complexity index is 325. The number of carbonyl (C=O) groups excluding carboxylic acids is 1. The summed E-state index contributed by atoms with van der Waals surface area (Å²) in [6.07, 6.45) is 0. The summed E-state index contributed by atoms with van der Waals surface area (Å²) in [5.41, 5.74) is -1.26. The van der Waals surface area contributed by atoms with Crippen molar-refractivity contribution < 1.29 is 9.90 Å². The number of halogens is 2. The lowest BCUT2D eigenvalue weighted by molar-refractivity contribution is -0.141. The van der Waals surface area contributed by atoms with Crippen LogP contribution in [0.5, 0.6) is 0 Å². The highest BCUT2D eigenvalue weighted by molar-refractivity contribution is 6.42. The summed E-state index contributed by atoms with van der Waals surface area (Å²) < 4.78 is 0.326. The van der Waals surface area contributed by atoms with E-state index in [2.05, 4.69) is 0 Å². The molecule has 0 heterocycles. The van der Waals surface area contributed by atoms with Crippen LogP contribution in [0, 0.1) is 0 Å². The van der Waals surface area contributed by atoms with Gasteiger partial charge in [0.05, 0.1) is 0 Å². The van der Waals surface area contributed by atoms with Crippen molar-refractivity contribution in [2.45, 2.75) is 12.5 Å². The average Bonchev–Trinajstić information content (AvgIpc) is 2.18. The molecular weight excluding hydrogens is 225 g/mol. The Morgan fingerprint density at radius 2 is 1.86 bits per heavy atom. The second kappa shape index (κ2) is 4.17. The molecule has 76 valence electrons. The summed E-state index contributed by atoms with van der Waals surface area (Å²) in [6.45, 7) is 1.34. The van der Waals surface area contributed by atoms with Gasteiger partial charge >= 0.3 is 0 Å². The van der Waals surface area contributed by atoms with Crippen LogP contribution < -0.4 is 0 Å². The van der Waals surface area contributed by atoms with E-state index in [0.717, 1.165) is 0 Å². The fraction of sp³-hybridized carbons (Fsp3) is 0.222. The number of rotatable bonds is 2. The van der Waals surface area contributed by atoms with Crippen LogP contribution in [0.1, 0.15) is 12.5 Å². The van der Waals surface area contributed by atoms with Crippen LogP contribution in [0.2, 0.25) is 0 Å². The topological polar surface area (TPSA) is 40.5 Å². The number of aliphatic hydroxyl groups is 1. The number of benzene rings is 1. The van der Waals surface area contributed by atoms with Gasteiger partial charge in [-0.1, -0.05) is 30.3 Å². The number of hydrogen-bond donors (Lipinski definition) is 1. The molecule has 1 aromatic rings. The molecule has 0 saturated carbocycles. The van der Waals surface area contributed by atoms with E-state index in [9.17, 15) is 9.90 Å². The maximum absolute atomic E-state index is 11.4. The van der Waals surface area contributed by atoms with Crippen molar-refractivity contribution in [3.8, 4) is 0 Å². The van der Waals surface area contributed by atoms with Crippen molar-refractivity contribution in [2.75, 3.05) is 0 Å². The lowest BCUT2D eigenvalue weighted by Gasteiger charge is -2.22. The maximum atomic E-state index is 11.4. The van der Waals surface area contributed by atoms with Gasteiger partial charge < -0.3 is 5.11 Å². The van der Waals surface area contributed by atoms with Crippen LogP contribution in [-0.2, 0) is 10.4 Å². The number of amides is 1. The predicted octanol–water partition coefficient (Wildman–Crippen LogP) is 2.03. The Hall–Kier alpha value is -0.770. The predicted molar refractivity (Wildman–Crippen MR) is 54.6 cm³/mol. The van der Waals surface area contributed by atoms with E-state index in [0.29, 0.717) is 9.50 Å². The zero-order valence-electron chi connectivity index (χ0n) is 7.45. The molecule has 1 rings (SSSR count). The third-order valence-corrected chi connectivity index (χ3v) is 2.21. The maximum Gasteiger partial charge on any atom is 0.288 e. The highest BCUT2D eigenvalue weighted by Gasteiger charge is 2.35. The summed E-state index contributed by atoms with van der Waals surface area (Å²) in [6, 6.07) is 8.45. The van der Waals surface area contributed by atoms with Gasteiger partial charge in [-0.05, 0) is 12.5 Å². The molecule has 5 heteroatoms. The molecule has 1 N–H and O–H groups in total. The van der Waals surface area contributed by atoms with Gasteiger partial charge in [-0.25, -0.2) is 0 Å². The smallest absolute Gasteiger partial charge is 0.288 e. The standard InChI is InChI=1S/C9H9Cl2NO2/c1-9(14,8(13)12(10)11)7-5-3-2-4-6-7/h2-6,14H,1H3.